The third-order valence-electron chi connectivity index (χ3n) is 16.3. The highest BCUT2D eigenvalue weighted by Gasteiger charge is 2.68. The second-order valence-corrected chi connectivity index (χ2v) is 19.0. The minimum Gasteiger partial charge on any atom is -0.465 e. The van der Waals surface area contributed by atoms with E-state index in [0.29, 0.717) is 63.9 Å². The number of esters is 2. The van der Waals surface area contributed by atoms with Crippen molar-refractivity contribution in [1.29, 1.82) is 0 Å². The van der Waals surface area contributed by atoms with Gasteiger partial charge >= 0.3 is 11.9 Å². The maximum absolute atomic E-state index is 14.5. The predicted octanol–water partition coefficient (Wildman–Crippen LogP) is 11.3. The van der Waals surface area contributed by atoms with Gasteiger partial charge in [-0.05, 0) is 142 Å². The Bertz CT molecular complexity index is 2260. The Hall–Kier alpha value is -4.00. The SMILES string of the molecule is COC(=O)c1cc2ccccc2cc1-c1cc2ccccc2cc1C(=O)O[C@H]1CC[C@@]2(C)C(=CC[C@H]3[C@@H]4C[C@@H]5O[C@]6(CC[C@@H](C)CO6)[C@@H](C)[C@@H]5[C@@]4(C)CC[C@@H]32)C1. The van der Waals surface area contributed by atoms with E-state index in [1.807, 2.05) is 72.8 Å². The maximum Gasteiger partial charge on any atom is 0.339 e. The molecule has 4 aliphatic carbocycles. The number of carbonyl (C=O) groups excluding carboxylic acids is 2. The van der Waals surface area contributed by atoms with E-state index in [4.69, 9.17) is 18.9 Å². The minimum atomic E-state index is -0.435. The van der Waals surface area contributed by atoms with Crippen LogP contribution in [0.25, 0.3) is 32.7 Å². The van der Waals surface area contributed by atoms with Crippen molar-refractivity contribution in [3.8, 4) is 11.1 Å². The summed E-state index contributed by atoms with van der Waals surface area (Å²) in [5.41, 5.74) is 4.14. The first kappa shape index (κ1) is 36.3. The number of allylic oxidation sites excluding steroid dienone is 1. The van der Waals surface area contributed by atoms with Gasteiger partial charge in [-0.25, -0.2) is 9.59 Å². The normalized spacial score (nSPS) is 37.3. The Kier molecular flexibility index (Phi) is 8.62. The zero-order valence-corrected chi connectivity index (χ0v) is 33.6. The molecule has 292 valence electrons. The Labute approximate surface area is 331 Å². The molecule has 1 spiro atoms. The summed E-state index contributed by atoms with van der Waals surface area (Å²) in [5.74, 6) is 2.43. The number of ether oxygens (including phenoxy) is 4. The van der Waals surface area contributed by atoms with Gasteiger partial charge in [-0.15, -0.1) is 0 Å². The Balaban J connectivity index is 0.911. The van der Waals surface area contributed by atoms with Crippen LogP contribution in [0.15, 0.2) is 84.4 Å². The van der Waals surface area contributed by atoms with Crippen LogP contribution in [0.3, 0.4) is 0 Å². The quantitative estimate of drug-likeness (QED) is 0.153. The smallest absolute Gasteiger partial charge is 0.339 e. The number of methoxy groups -OCH3 is 1. The Morgan fingerprint density at radius 2 is 1.41 bits per heavy atom. The monoisotopic (exact) mass is 752 g/mol. The molecular formula is C50H56O6. The Morgan fingerprint density at radius 3 is 2.04 bits per heavy atom. The largest absolute Gasteiger partial charge is 0.465 e. The van der Waals surface area contributed by atoms with Crippen molar-refractivity contribution in [3.63, 3.8) is 0 Å². The standard InChI is InChI=1S/C50H56O6/c1-29-16-21-50(54-28-29)30(2)45-44(56-50)27-43-37-15-14-35-26-36(17-19-48(35,3)42(37)18-20-49(43,45)4)55-47(52)41-25-34-13-9-7-11-32(34)23-39(41)38-22-31-10-6-8-12-33(31)24-40(38)46(51)53-5/h6-14,22-25,29-30,36-37,42-45H,15-21,26-28H2,1-5H3/t29-,30+,36+,37-,42+,43+,44+,45+,48+,49+,50-/m1/s1. The number of fused-ring (bicyclic) bond motifs is 9. The van der Waals surface area contributed by atoms with Crippen molar-refractivity contribution < 1.29 is 28.5 Å². The fraction of sp³-hybridized carbons (Fsp3) is 0.520. The van der Waals surface area contributed by atoms with Crippen molar-refractivity contribution >= 4 is 33.5 Å². The lowest BCUT2D eigenvalue weighted by molar-refractivity contribution is -0.272. The summed E-state index contributed by atoms with van der Waals surface area (Å²) < 4.78 is 25.4. The van der Waals surface area contributed by atoms with Crippen molar-refractivity contribution in [3.05, 3.63) is 95.6 Å². The van der Waals surface area contributed by atoms with Gasteiger partial charge in [-0.1, -0.05) is 87.9 Å². The highest BCUT2D eigenvalue weighted by molar-refractivity contribution is 6.09. The van der Waals surface area contributed by atoms with Crippen molar-refractivity contribution in [2.24, 2.45) is 46.3 Å². The third-order valence-corrected chi connectivity index (χ3v) is 16.3. The van der Waals surface area contributed by atoms with E-state index in [-0.39, 0.29) is 28.7 Å². The van der Waals surface area contributed by atoms with Crippen LogP contribution in [0.2, 0.25) is 0 Å². The van der Waals surface area contributed by atoms with Gasteiger partial charge in [0.25, 0.3) is 0 Å². The van der Waals surface area contributed by atoms with Crippen LogP contribution in [0, 0.1) is 46.3 Å². The van der Waals surface area contributed by atoms with Gasteiger partial charge in [0.1, 0.15) is 6.10 Å². The van der Waals surface area contributed by atoms with Crippen molar-refractivity contribution in [2.45, 2.75) is 103 Å². The number of rotatable bonds is 4. The molecule has 6 aliphatic rings. The molecule has 3 saturated carbocycles. The van der Waals surface area contributed by atoms with Gasteiger partial charge in [0.15, 0.2) is 5.79 Å². The molecule has 4 aromatic carbocycles. The number of hydrogen-bond acceptors (Lipinski definition) is 6. The van der Waals surface area contributed by atoms with Gasteiger partial charge in [0.2, 0.25) is 0 Å². The predicted molar refractivity (Wildman–Crippen MR) is 219 cm³/mol. The van der Waals surface area contributed by atoms with Crippen LogP contribution in [-0.2, 0) is 18.9 Å². The van der Waals surface area contributed by atoms with Crippen LogP contribution in [0.4, 0.5) is 0 Å². The van der Waals surface area contributed by atoms with Gasteiger partial charge in [-0.2, -0.15) is 0 Å². The molecule has 0 amide bonds. The van der Waals surface area contributed by atoms with Crippen LogP contribution in [-0.4, -0.2) is 43.7 Å². The average molecular weight is 753 g/mol. The van der Waals surface area contributed by atoms with E-state index < -0.39 is 5.97 Å². The van der Waals surface area contributed by atoms with Gasteiger partial charge < -0.3 is 18.9 Å². The molecule has 0 bridgehead atoms. The molecule has 2 saturated heterocycles. The van der Waals surface area contributed by atoms with Crippen LogP contribution in [0.1, 0.15) is 106 Å². The van der Waals surface area contributed by atoms with E-state index in [1.54, 1.807) is 0 Å². The molecule has 2 heterocycles. The number of benzene rings is 4. The summed E-state index contributed by atoms with van der Waals surface area (Å²) in [6.07, 6.45) is 12.3. The van der Waals surface area contributed by atoms with Gasteiger partial charge in [-0.3, -0.25) is 0 Å². The average Bonchev–Trinajstić information content (AvgIpc) is 3.66. The fourth-order valence-electron chi connectivity index (χ4n) is 13.3. The van der Waals surface area contributed by atoms with Gasteiger partial charge in [0.05, 0.1) is 30.9 Å². The lowest BCUT2D eigenvalue weighted by Gasteiger charge is -2.58. The zero-order chi connectivity index (χ0) is 38.6. The molecule has 0 aromatic heterocycles. The highest BCUT2D eigenvalue weighted by Crippen LogP contribution is 2.70. The Morgan fingerprint density at radius 1 is 0.768 bits per heavy atom. The zero-order valence-electron chi connectivity index (χ0n) is 33.6. The van der Waals surface area contributed by atoms with Gasteiger partial charge in [0, 0.05) is 18.8 Å². The molecular weight excluding hydrogens is 697 g/mol. The fourth-order valence-corrected chi connectivity index (χ4v) is 13.3. The summed E-state index contributed by atoms with van der Waals surface area (Å²) in [6, 6.07) is 23.8. The molecule has 10 rings (SSSR count). The van der Waals surface area contributed by atoms with E-state index in [0.717, 1.165) is 66.7 Å². The highest BCUT2D eigenvalue weighted by atomic mass is 16.7. The third kappa shape index (κ3) is 5.48. The first-order valence-corrected chi connectivity index (χ1v) is 21.4. The first-order chi connectivity index (χ1) is 27.0. The van der Waals surface area contributed by atoms with Crippen LogP contribution < -0.4 is 0 Å². The molecule has 6 heteroatoms. The summed E-state index contributed by atoms with van der Waals surface area (Å²) in [6.45, 7) is 10.7. The van der Waals surface area contributed by atoms with E-state index in [1.165, 1.54) is 31.9 Å². The molecule has 6 nitrogen and oxygen atoms in total. The van der Waals surface area contributed by atoms with Crippen molar-refractivity contribution in [2.75, 3.05) is 13.7 Å². The van der Waals surface area contributed by atoms with Crippen LogP contribution >= 0.6 is 0 Å². The molecule has 0 unspecified atom stereocenters. The second-order valence-electron chi connectivity index (χ2n) is 19.0. The van der Waals surface area contributed by atoms with E-state index in [2.05, 4.69) is 33.8 Å². The van der Waals surface area contributed by atoms with Crippen molar-refractivity contribution in [1.82, 2.24) is 0 Å². The topological polar surface area (TPSA) is 71.1 Å². The maximum atomic E-state index is 14.5. The first-order valence-electron chi connectivity index (χ1n) is 21.4. The molecule has 0 N–H and O–H groups in total. The van der Waals surface area contributed by atoms with E-state index >= 15 is 0 Å². The molecule has 0 radical (unpaired) electrons. The number of hydrogen-bond donors (Lipinski definition) is 0. The molecule has 11 atom stereocenters. The molecule has 2 aliphatic heterocycles. The molecule has 5 fully saturated rings. The molecule has 4 aromatic rings. The minimum absolute atomic E-state index is 0.121. The number of carbonyl (C=O) groups is 2. The second kappa shape index (κ2) is 13.3. The summed E-state index contributed by atoms with van der Waals surface area (Å²) in [7, 11) is 1.40. The summed E-state index contributed by atoms with van der Waals surface area (Å²) in [4.78, 5) is 27.7. The van der Waals surface area contributed by atoms with Crippen LogP contribution in [0.5, 0.6) is 0 Å². The lowest BCUT2D eigenvalue weighted by Crippen LogP contribution is -2.52. The summed E-state index contributed by atoms with van der Waals surface area (Å²) >= 11 is 0. The molecule has 56 heavy (non-hydrogen) atoms. The summed E-state index contributed by atoms with van der Waals surface area (Å²) in [5, 5.41) is 3.87. The van der Waals surface area contributed by atoms with E-state index in [9.17, 15) is 9.59 Å². The lowest BCUT2D eigenvalue weighted by atomic mass is 9.47.